The molecule has 26 heavy (non-hydrogen) atoms. The number of aryl methyl sites for hydroxylation is 1. The number of pyridine rings is 1. The van der Waals surface area contributed by atoms with Crippen molar-refractivity contribution in [1.29, 1.82) is 0 Å². The van der Waals surface area contributed by atoms with Crippen LogP contribution in [0.4, 0.5) is 0 Å². The predicted octanol–water partition coefficient (Wildman–Crippen LogP) is 4.19. The van der Waals surface area contributed by atoms with E-state index >= 15 is 0 Å². The zero-order valence-electron chi connectivity index (χ0n) is 15.7. The molecule has 1 aromatic carbocycles. The van der Waals surface area contributed by atoms with Crippen LogP contribution in [0.3, 0.4) is 0 Å². The molecule has 140 valence electrons. The average Bonchev–Trinajstić information content (AvgIpc) is 3.14. The molecule has 1 saturated carbocycles. The first-order valence-corrected chi connectivity index (χ1v) is 9.14. The molecule has 4 nitrogen and oxygen atoms in total. The molecule has 2 aromatic rings. The number of aliphatic imine (C=N–C) groups is 1. The van der Waals surface area contributed by atoms with Gasteiger partial charge in [0.15, 0.2) is 5.96 Å². The number of aromatic nitrogens is 1. The number of halogens is 1. The molecule has 0 amide bonds. The maximum absolute atomic E-state index is 4.44. The Balaban J connectivity index is 0.00000243. The van der Waals surface area contributed by atoms with Crippen molar-refractivity contribution >= 4 is 29.9 Å². The summed E-state index contributed by atoms with van der Waals surface area (Å²) in [6.45, 7) is 3.69. The number of hydrogen-bond acceptors (Lipinski definition) is 2. The second-order valence-corrected chi connectivity index (χ2v) is 6.90. The van der Waals surface area contributed by atoms with Gasteiger partial charge in [-0.3, -0.25) is 9.98 Å². The smallest absolute Gasteiger partial charge is 0.191 e. The number of nitrogens with zero attached hydrogens (tertiary/aromatic N) is 2. The van der Waals surface area contributed by atoms with Crippen molar-refractivity contribution in [3.63, 3.8) is 0 Å². The molecule has 0 spiro atoms. The highest BCUT2D eigenvalue weighted by Gasteiger charge is 2.35. The van der Waals surface area contributed by atoms with E-state index in [0.717, 1.165) is 18.2 Å². The molecule has 0 aliphatic heterocycles. The highest BCUT2D eigenvalue weighted by molar-refractivity contribution is 14.0. The van der Waals surface area contributed by atoms with Crippen molar-refractivity contribution in [3.8, 4) is 0 Å². The Morgan fingerprint density at radius 3 is 2.46 bits per heavy atom. The van der Waals surface area contributed by atoms with Crippen LogP contribution in [0.1, 0.15) is 42.5 Å². The molecule has 0 atom stereocenters. The highest BCUT2D eigenvalue weighted by Crippen LogP contribution is 2.40. The van der Waals surface area contributed by atoms with Crippen LogP contribution in [0.2, 0.25) is 0 Å². The number of guanidine groups is 1. The summed E-state index contributed by atoms with van der Waals surface area (Å²) in [7, 11) is 1.82. The van der Waals surface area contributed by atoms with Crippen LogP contribution in [0, 0.1) is 6.92 Å². The van der Waals surface area contributed by atoms with Crippen molar-refractivity contribution in [2.24, 2.45) is 4.99 Å². The van der Waals surface area contributed by atoms with Gasteiger partial charge in [-0.05, 0) is 37.0 Å². The third-order valence-electron chi connectivity index (χ3n) is 5.31. The van der Waals surface area contributed by atoms with E-state index in [2.05, 4.69) is 63.9 Å². The third kappa shape index (κ3) is 4.96. The first-order chi connectivity index (χ1) is 12.2. The Hall–Kier alpha value is -1.63. The van der Waals surface area contributed by atoms with Crippen LogP contribution in [-0.4, -0.2) is 24.5 Å². The maximum Gasteiger partial charge on any atom is 0.191 e. The van der Waals surface area contributed by atoms with Crippen LogP contribution in [0.15, 0.2) is 53.7 Å². The number of benzene rings is 1. The molecule has 2 N–H and O–H groups in total. The fraction of sp³-hybridized carbons (Fsp3) is 0.429. The van der Waals surface area contributed by atoms with Gasteiger partial charge in [0.05, 0.1) is 12.2 Å². The fourth-order valence-electron chi connectivity index (χ4n) is 3.76. The fourth-order valence-corrected chi connectivity index (χ4v) is 3.76. The molecule has 1 aliphatic rings. The summed E-state index contributed by atoms with van der Waals surface area (Å²) in [6.07, 6.45) is 6.91. The van der Waals surface area contributed by atoms with E-state index in [1.165, 1.54) is 36.8 Å². The Labute approximate surface area is 173 Å². The van der Waals surface area contributed by atoms with E-state index in [9.17, 15) is 0 Å². The lowest BCUT2D eigenvalue weighted by atomic mass is 9.79. The minimum atomic E-state index is 0. The lowest BCUT2D eigenvalue weighted by Crippen LogP contribution is -2.44. The minimum Gasteiger partial charge on any atom is -0.356 e. The summed E-state index contributed by atoms with van der Waals surface area (Å²) in [5.74, 6) is 0.840. The van der Waals surface area contributed by atoms with Gasteiger partial charge in [0.25, 0.3) is 0 Å². The summed E-state index contributed by atoms with van der Waals surface area (Å²) >= 11 is 0. The zero-order valence-corrected chi connectivity index (χ0v) is 18.0. The molecule has 0 bridgehead atoms. The molecular formula is C21H29IN4. The molecule has 1 aromatic heterocycles. The van der Waals surface area contributed by atoms with E-state index in [-0.39, 0.29) is 29.4 Å². The average molecular weight is 464 g/mol. The van der Waals surface area contributed by atoms with Gasteiger partial charge in [-0.2, -0.15) is 0 Å². The van der Waals surface area contributed by atoms with Gasteiger partial charge in [0.1, 0.15) is 0 Å². The molecule has 1 aliphatic carbocycles. The SMILES string of the molecule is CN=C(NCc1ncccc1C)NCC1(c2ccccc2)CCCC1.I. The van der Waals surface area contributed by atoms with Crippen LogP contribution in [-0.2, 0) is 12.0 Å². The van der Waals surface area contributed by atoms with Crippen LogP contribution >= 0.6 is 24.0 Å². The van der Waals surface area contributed by atoms with E-state index < -0.39 is 0 Å². The Morgan fingerprint density at radius 2 is 1.81 bits per heavy atom. The third-order valence-corrected chi connectivity index (χ3v) is 5.31. The monoisotopic (exact) mass is 464 g/mol. The van der Waals surface area contributed by atoms with Gasteiger partial charge in [0.2, 0.25) is 0 Å². The molecule has 0 radical (unpaired) electrons. The van der Waals surface area contributed by atoms with Crippen molar-refractivity contribution in [2.45, 2.75) is 44.6 Å². The zero-order chi connectivity index (χ0) is 17.5. The van der Waals surface area contributed by atoms with Crippen molar-refractivity contribution < 1.29 is 0 Å². The summed E-state index contributed by atoms with van der Waals surface area (Å²) < 4.78 is 0. The highest BCUT2D eigenvalue weighted by atomic mass is 127. The Bertz CT molecular complexity index is 709. The van der Waals surface area contributed by atoms with Crippen LogP contribution in [0.25, 0.3) is 0 Å². The lowest BCUT2D eigenvalue weighted by Gasteiger charge is -2.30. The van der Waals surface area contributed by atoms with E-state index in [1.807, 2.05) is 19.3 Å². The Kier molecular flexibility index (Phi) is 7.87. The molecule has 1 heterocycles. The van der Waals surface area contributed by atoms with Gasteiger partial charge >= 0.3 is 0 Å². The first-order valence-electron chi connectivity index (χ1n) is 9.14. The van der Waals surface area contributed by atoms with E-state index in [4.69, 9.17) is 0 Å². The molecule has 1 fully saturated rings. The summed E-state index contributed by atoms with van der Waals surface area (Å²) in [5.41, 5.74) is 3.92. The van der Waals surface area contributed by atoms with Crippen molar-refractivity contribution in [3.05, 3.63) is 65.5 Å². The van der Waals surface area contributed by atoms with Gasteiger partial charge in [-0.15, -0.1) is 24.0 Å². The number of hydrogen-bond donors (Lipinski definition) is 2. The molecular weight excluding hydrogens is 435 g/mol. The van der Waals surface area contributed by atoms with Gasteiger partial charge in [-0.1, -0.05) is 49.2 Å². The van der Waals surface area contributed by atoms with Crippen LogP contribution in [0.5, 0.6) is 0 Å². The molecule has 5 heteroatoms. The largest absolute Gasteiger partial charge is 0.356 e. The van der Waals surface area contributed by atoms with Crippen molar-refractivity contribution in [1.82, 2.24) is 15.6 Å². The van der Waals surface area contributed by atoms with Gasteiger partial charge in [-0.25, -0.2) is 0 Å². The molecule has 0 unspecified atom stereocenters. The Morgan fingerprint density at radius 1 is 1.08 bits per heavy atom. The summed E-state index contributed by atoms with van der Waals surface area (Å²) in [4.78, 5) is 8.82. The molecule has 0 saturated heterocycles. The van der Waals surface area contributed by atoms with Crippen LogP contribution < -0.4 is 10.6 Å². The predicted molar refractivity (Wildman–Crippen MR) is 119 cm³/mol. The van der Waals surface area contributed by atoms with E-state index in [0.29, 0.717) is 6.54 Å². The summed E-state index contributed by atoms with van der Waals surface area (Å²) in [6, 6.07) is 15.0. The van der Waals surface area contributed by atoms with E-state index in [1.54, 1.807) is 0 Å². The topological polar surface area (TPSA) is 49.3 Å². The second kappa shape index (κ2) is 9.90. The maximum atomic E-state index is 4.44. The first kappa shape index (κ1) is 20.7. The normalized spacial score (nSPS) is 16.0. The standard InChI is InChI=1S/C21H28N4.HI/c1-17-9-8-14-23-19(17)15-24-20(22-2)25-16-21(12-6-7-13-21)18-10-4-3-5-11-18;/h3-5,8-11,14H,6-7,12-13,15-16H2,1-2H3,(H2,22,24,25);1H. The summed E-state index contributed by atoms with van der Waals surface area (Å²) in [5, 5.41) is 6.95. The van der Waals surface area contributed by atoms with Crippen molar-refractivity contribution in [2.75, 3.05) is 13.6 Å². The van der Waals surface area contributed by atoms with Gasteiger partial charge in [0, 0.05) is 25.2 Å². The minimum absolute atomic E-state index is 0. The quantitative estimate of drug-likeness (QED) is 0.397. The molecule has 3 rings (SSSR count). The number of nitrogens with one attached hydrogen (secondary N) is 2. The second-order valence-electron chi connectivity index (χ2n) is 6.90. The van der Waals surface area contributed by atoms with Gasteiger partial charge < -0.3 is 10.6 Å². The lowest BCUT2D eigenvalue weighted by molar-refractivity contribution is 0.431. The number of rotatable bonds is 5.